The summed E-state index contributed by atoms with van der Waals surface area (Å²) in [5, 5.41) is 3.25. The van der Waals surface area contributed by atoms with Gasteiger partial charge in [0, 0.05) is 12.2 Å². The van der Waals surface area contributed by atoms with Crippen molar-refractivity contribution in [3.05, 3.63) is 29.8 Å². The summed E-state index contributed by atoms with van der Waals surface area (Å²) in [7, 11) is 0. The first-order valence-corrected chi connectivity index (χ1v) is 5.94. The van der Waals surface area contributed by atoms with Gasteiger partial charge in [0.05, 0.1) is 0 Å². The van der Waals surface area contributed by atoms with E-state index in [2.05, 4.69) is 36.2 Å². The number of hydrogen-bond acceptors (Lipinski definition) is 2. The molecule has 88 valence electrons. The fraction of sp³-hybridized carbons (Fsp3) is 0.417. The van der Waals surface area contributed by atoms with Crippen molar-refractivity contribution in [2.24, 2.45) is 5.73 Å². The van der Waals surface area contributed by atoms with Crippen LogP contribution in [-0.4, -0.2) is 23.1 Å². The number of benzene rings is 1. The second kappa shape index (κ2) is 6.45. The van der Waals surface area contributed by atoms with E-state index >= 15 is 0 Å². The number of nitrogens with zero attached hydrogens (tertiary/aromatic N) is 1. The SMILES string of the molecule is CCN(CC)Cc1cccc(NC(N)=S)c1. The van der Waals surface area contributed by atoms with E-state index in [0.29, 0.717) is 5.11 Å². The Morgan fingerprint density at radius 1 is 1.38 bits per heavy atom. The second-order valence-corrected chi connectivity index (χ2v) is 4.09. The van der Waals surface area contributed by atoms with Crippen molar-refractivity contribution in [2.75, 3.05) is 18.4 Å². The maximum Gasteiger partial charge on any atom is 0.168 e. The van der Waals surface area contributed by atoms with Crippen molar-refractivity contribution in [1.29, 1.82) is 0 Å². The topological polar surface area (TPSA) is 41.3 Å². The summed E-state index contributed by atoms with van der Waals surface area (Å²) >= 11 is 4.81. The fourth-order valence-electron chi connectivity index (χ4n) is 1.60. The van der Waals surface area contributed by atoms with Gasteiger partial charge in [0.2, 0.25) is 0 Å². The third kappa shape index (κ3) is 4.16. The molecule has 1 aromatic carbocycles. The zero-order valence-corrected chi connectivity index (χ0v) is 10.7. The number of thiocarbonyl (C=S) groups is 1. The molecule has 3 N–H and O–H groups in total. The van der Waals surface area contributed by atoms with E-state index in [9.17, 15) is 0 Å². The Hall–Kier alpha value is -1.13. The van der Waals surface area contributed by atoms with Crippen LogP contribution >= 0.6 is 12.2 Å². The molecule has 0 radical (unpaired) electrons. The quantitative estimate of drug-likeness (QED) is 0.770. The van der Waals surface area contributed by atoms with Crippen LogP contribution in [0.5, 0.6) is 0 Å². The van der Waals surface area contributed by atoms with E-state index < -0.39 is 0 Å². The summed E-state index contributed by atoms with van der Waals surface area (Å²) in [5.41, 5.74) is 7.66. The molecule has 3 nitrogen and oxygen atoms in total. The summed E-state index contributed by atoms with van der Waals surface area (Å²) in [4.78, 5) is 2.36. The van der Waals surface area contributed by atoms with Crippen molar-refractivity contribution in [3.63, 3.8) is 0 Å². The molecule has 0 aliphatic carbocycles. The van der Waals surface area contributed by atoms with E-state index in [1.807, 2.05) is 12.1 Å². The summed E-state index contributed by atoms with van der Waals surface area (Å²) in [6, 6.07) is 8.17. The standard InChI is InChI=1S/C12H19N3S/c1-3-15(4-2)9-10-6-5-7-11(8-10)14-12(13)16/h5-8H,3-4,9H2,1-2H3,(H3,13,14,16). The van der Waals surface area contributed by atoms with E-state index in [4.69, 9.17) is 18.0 Å². The zero-order chi connectivity index (χ0) is 12.0. The van der Waals surface area contributed by atoms with Crippen LogP contribution in [0.4, 0.5) is 5.69 Å². The van der Waals surface area contributed by atoms with Crippen molar-refractivity contribution in [3.8, 4) is 0 Å². The predicted molar refractivity (Wildman–Crippen MR) is 73.5 cm³/mol. The molecule has 1 aromatic rings. The first-order valence-electron chi connectivity index (χ1n) is 5.53. The van der Waals surface area contributed by atoms with Gasteiger partial charge in [-0.25, -0.2) is 0 Å². The summed E-state index contributed by atoms with van der Waals surface area (Å²) in [6.45, 7) is 7.41. The van der Waals surface area contributed by atoms with Crippen LogP contribution < -0.4 is 11.1 Å². The average molecular weight is 237 g/mol. The van der Waals surface area contributed by atoms with E-state index in [-0.39, 0.29) is 0 Å². The van der Waals surface area contributed by atoms with E-state index in [1.165, 1.54) is 5.56 Å². The Morgan fingerprint density at radius 2 is 2.06 bits per heavy atom. The van der Waals surface area contributed by atoms with Gasteiger partial charge in [-0.3, -0.25) is 4.90 Å². The van der Waals surface area contributed by atoms with Gasteiger partial charge in [-0.15, -0.1) is 0 Å². The summed E-state index contributed by atoms with van der Waals surface area (Å²) in [5.74, 6) is 0. The van der Waals surface area contributed by atoms with Crippen LogP contribution in [0.1, 0.15) is 19.4 Å². The number of anilines is 1. The third-order valence-corrected chi connectivity index (χ3v) is 2.60. The van der Waals surface area contributed by atoms with Gasteiger partial charge in [-0.2, -0.15) is 0 Å². The zero-order valence-electron chi connectivity index (χ0n) is 9.86. The molecule has 0 saturated heterocycles. The number of hydrogen-bond donors (Lipinski definition) is 2. The Bertz CT molecular complexity index is 348. The Balaban J connectivity index is 2.70. The largest absolute Gasteiger partial charge is 0.376 e. The number of nitrogens with two attached hydrogens (primary N) is 1. The third-order valence-electron chi connectivity index (χ3n) is 2.50. The molecule has 16 heavy (non-hydrogen) atoms. The van der Waals surface area contributed by atoms with Gasteiger partial charge >= 0.3 is 0 Å². The van der Waals surface area contributed by atoms with Crippen LogP contribution in [0.15, 0.2) is 24.3 Å². The molecule has 0 aliphatic rings. The van der Waals surface area contributed by atoms with Gasteiger partial charge in [0.15, 0.2) is 5.11 Å². The molecule has 0 heterocycles. The van der Waals surface area contributed by atoms with E-state index in [0.717, 1.165) is 25.3 Å². The highest BCUT2D eigenvalue weighted by atomic mass is 32.1. The molecule has 4 heteroatoms. The lowest BCUT2D eigenvalue weighted by Gasteiger charge is -2.18. The lowest BCUT2D eigenvalue weighted by Crippen LogP contribution is -2.22. The van der Waals surface area contributed by atoms with Gasteiger partial charge in [0.1, 0.15) is 0 Å². The molecule has 0 saturated carbocycles. The van der Waals surface area contributed by atoms with Gasteiger partial charge in [0.25, 0.3) is 0 Å². The lowest BCUT2D eigenvalue weighted by molar-refractivity contribution is 0.296. The fourth-order valence-corrected chi connectivity index (χ4v) is 1.71. The minimum absolute atomic E-state index is 0.306. The van der Waals surface area contributed by atoms with Crippen LogP contribution in [0.25, 0.3) is 0 Å². The van der Waals surface area contributed by atoms with Crippen molar-refractivity contribution in [1.82, 2.24) is 4.90 Å². The highest BCUT2D eigenvalue weighted by Gasteiger charge is 2.01. The molecule has 0 fully saturated rings. The Labute approximate surface area is 103 Å². The first kappa shape index (κ1) is 12.9. The minimum Gasteiger partial charge on any atom is -0.376 e. The van der Waals surface area contributed by atoms with Crippen molar-refractivity contribution in [2.45, 2.75) is 20.4 Å². The Morgan fingerprint density at radius 3 is 2.62 bits per heavy atom. The van der Waals surface area contributed by atoms with Crippen LogP contribution in [0.2, 0.25) is 0 Å². The molecule has 0 spiro atoms. The van der Waals surface area contributed by atoms with Crippen molar-refractivity contribution < 1.29 is 0 Å². The highest BCUT2D eigenvalue weighted by molar-refractivity contribution is 7.80. The Kier molecular flexibility index (Phi) is 5.22. The normalized spacial score (nSPS) is 10.4. The first-order chi connectivity index (χ1) is 7.65. The summed E-state index contributed by atoms with van der Waals surface area (Å²) < 4.78 is 0. The molecule has 1 rings (SSSR count). The molecular weight excluding hydrogens is 218 g/mol. The lowest BCUT2D eigenvalue weighted by atomic mass is 10.2. The van der Waals surface area contributed by atoms with Gasteiger partial charge in [-0.1, -0.05) is 26.0 Å². The van der Waals surface area contributed by atoms with Crippen molar-refractivity contribution >= 4 is 23.0 Å². The van der Waals surface area contributed by atoms with Gasteiger partial charge < -0.3 is 11.1 Å². The maximum atomic E-state index is 5.44. The van der Waals surface area contributed by atoms with Crippen LogP contribution in [0.3, 0.4) is 0 Å². The predicted octanol–water partition coefficient (Wildman–Crippen LogP) is 2.18. The van der Waals surface area contributed by atoms with E-state index in [1.54, 1.807) is 0 Å². The highest BCUT2D eigenvalue weighted by Crippen LogP contribution is 2.12. The molecule has 0 bridgehead atoms. The van der Waals surface area contributed by atoms with Crippen LogP contribution in [-0.2, 0) is 6.54 Å². The summed E-state index contributed by atoms with van der Waals surface area (Å²) in [6.07, 6.45) is 0. The molecule has 0 aromatic heterocycles. The van der Waals surface area contributed by atoms with Crippen LogP contribution in [0, 0.1) is 0 Å². The maximum absolute atomic E-state index is 5.44. The monoisotopic (exact) mass is 237 g/mol. The second-order valence-electron chi connectivity index (χ2n) is 3.65. The number of nitrogens with one attached hydrogen (secondary N) is 1. The molecular formula is C12H19N3S. The molecule has 0 atom stereocenters. The average Bonchev–Trinajstić information content (AvgIpc) is 2.25. The molecule has 0 amide bonds. The number of rotatable bonds is 5. The van der Waals surface area contributed by atoms with Gasteiger partial charge in [-0.05, 0) is 43.0 Å². The molecule has 0 unspecified atom stereocenters. The molecule has 0 aliphatic heterocycles. The smallest absolute Gasteiger partial charge is 0.168 e. The minimum atomic E-state index is 0.306.